The molecule has 1 aliphatic rings. The van der Waals surface area contributed by atoms with Crippen molar-refractivity contribution in [3.63, 3.8) is 0 Å². The van der Waals surface area contributed by atoms with Gasteiger partial charge < -0.3 is 14.4 Å². The fourth-order valence-corrected chi connectivity index (χ4v) is 3.16. The summed E-state index contributed by atoms with van der Waals surface area (Å²) in [5, 5.41) is 8.82. The zero-order chi connectivity index (χ0) is 19.2. The van der Waals surface area contributed by atoms with E-state index >= 15 is 0 Å². The molecule has 0 bridgehead atoms. The van der Waals surface area contributed by atoms with Crippen LogP contribution in [0.1, 0.15) is 45.6 Å². The van der Waals surface area contributed by atoms with E-state index < -0.39 is 5.11 Å². The Kier molecular flexibility index (Phi) is 4.21. The molecule has 128 valence electrons. The smallest absolute Gasteiger partial charge is 0.290 e. The van der Waals surface area contributed by atoms with E-state index in [0.717, 1.165) is 29.5 Å². The van der Waals surface area contributed by atoms with E-state index in [1.54, 1.807) is 6.92 Å². The van der Waals surface area contributed by atoms with Crippen molar-refractivity contribution in [3.8, 4) is 11.4 Å². The van der Waals surface area contributed by atoms with Crippen LogP contribution >= 0.6 is 0 Å². The lowest BCUT2D eigenvalue weighted by Crippen LogP contribution is -2.27. The molecule has 1 amide bonds. The first-order valence-corrected chi connectivity index (χ1v) is 8.39. The van der Waals surface area contributed by atoms with Gasteiger partial charge in [0.25, 0.3) is 5.91 Å². The number of rotatable bonds is 4. The highest BCUT2D eigenvalue weighted by Gasteiger charge is 2.27. The molecule has 1 aliphatic carbocycles. The highest BCUT2D eigenvalue weighted by molar-refractivity contribution is 6.58. The van der Waals surface area contributed by atoms with Crippen molar-refractivity contribution in [2.75, 3.05) is 0 Å². The highest BCUT2D eigenvalue weighted by Crippen LogP contribution is 2.34. The Bertz CT molecular complexity index is 1010. The zero-order valence-corrected chi connectivity index (χ0v) is 14.6. The van der Waals surface area contributed by atoms with Gasteiger partial charge >= 0.3 is 0 Å². The van der Waals surface area contributed by atoms with Crippen molar-refractivity contribution in [2.24, 2.45) is 0 Å². The van der Waals surface area contributed by atoms with E-state index in [9.17, 15) is 4.79 Å². The Labute approximate surface area is 159 Å². The predicted octanol–water partition coefficient (Wildman–Crippen LogP) is 1.07. The molecule has 0 aliphatic heterocycles. The van der Waals surface area contributed by atoms with Crippen LogP contribution in [0.3, 0.4) is 0 Å². The lowest BCUT2D eigenvalue weighted by atomic mass is 9.42. The second-order valence-electron chi connectivity index (χ2n) is 6.67. The van der Waals surface area contributed by atoms with Gasteiger partial charge in [0.15, 0.2) is 0 Å². The van der Waals surface area contributed by atoms with E-state index in [2.05, 4.69) is 20.6 Å². The molecule has 1 aromatic carbocycles. The Morgan fingerprint density at radius 2 is 2.11 bits per heavy atom. The van der Waals surface area contributed by atoms with Crippen LogP contribution in [0, 0.1) is 6.92 Å². The van der Waals surface area contributed by atoms with Gasteiger partial charge in [-0.15, -0.1) is 0 Å². The van der Waals surface area contributed by atoms with Gasteiger partial charge in [0.05, 0.1) is 35.8 Å². The SMILES string of the molecule is [B]C([B])([B])c1nc(-c2ccc3c(c2)CC[C@H]3NC(=O)c2oncc2C)no1. The van der Waals surface area contributed by atoms with Crippen molar-refractivity contribution in [2.45, 2.75) is 30.9 Å². The zero-order valence-electron chi connectivity index (χ0n) is 14.6. The first-order chi connectivity index (χ1) is 12.8. The first-order valence-electron chi connectivity index (χ1n) is 8.39. The lowest BCUT2D eigenvalue weighted by Gasteiger charge is -2.13. The Morgan fingerprint density at radius 1 is 1.30 bits per heavy atom. The maximum atomic E-state index is 12.4. The molecule has 7 nitrogen and oxygen atoms in total. The molecule has 0 spiro atoms. The summed E-state index contributed by atoms with van der Waals surface area (Å²) in [6, 6.07) is 5.65. The average molecular weight is 354 g/mol. The van der Waals surface area contributed by atoms with Crippen molar-refractivity contribution >= 4 is 29.4 Å². The van der Waals surface area contributed by atoms with E-state index in [1.165, 1.54) is 6.20 Å². The molecular weight excluding hydrogens is 341 g/mol. The minimum absolute atomic E-state index is 0.0504. The predicted molar refractivity (Wildman–Crippen MR) is 98.4 cm³/mol. The summed E-state index contributed by atoms with van der Waals surface area (Å²) in [7, 11) is 16.7. The number of aromatic nitrogens is 3. The topological polar surface area (TPSA) is 94.1 Å². The third-order valence-corrected chi connectivity index (χ3v) is 4.54. The fraction of sp³-hybridized carbons (Fsp3) is 0.294. The van der Waals surface area contributed by atoms with Crippen molar-refractivity contribution in [1.82, 2.24) is 20.6 Å². The molecule has 10 heteroatoms. The number of hydrogen-bond acceptors (Lipinski definition) is 6. The van der Waals surface area contributed by atoms with Crippen molar-refractivity contribution < 1.29 is 13.8 Å². The number of nitrogens with zero attached hydrogens (tertiary/aromatic N) is 3. The molecule has 2 heterocycles. The third-order valence-electron chi connectivity index (χ3n) is 4.54. The minimum atomic E-state index is -1.68. The number of carbonyl (C=O) groups is 1. The van der Waals surface area contributed by atoms with Crippen LogP contribution in [0.15, 0.2) is 33.4 Å². The largest absolute Gasteiger partial charge is 0.351 e. The van der Waals surface area contributed by atoms with Gasteiger partial charge in [0.2, 0.25) is 17.5 Å². The summed E-state index contributed by atoms with van der Waals surface area (Å²) in [6.07, 6.45) is 3.11. The van der Waals surface area contributed by atoms with Gasteiger partial charge in [-0.05, 0) is 37.0 Å². The third kappa shape index (κ3) is 3.31. The van der Waals surface area contributed by atoms with Crippen LogP contribution in [0.25, 0.3) is 11.4 Å². The van der Waals surface area contributed by atoms with Crippen LogP contribution in [0.4, 0.5) is 0 Å². The molecule has 0 unspecified atom stereocenters. The van der Waals surface area contributed by atoms with Gasteiger partial charge in [-0.2, -0.15) is 4.98 Å². The maximum absolute atomic E-state index is 12.4. The normalized spacial score (nSPS) is 16.3. The Balaban J connectivity index is 1.55. The number of amides is 1. The molecule has 2 aromatic heterocycles. The molecule has 3 aromatic rings. The van der Waals surface area contributed by atoms with Crippen LogP contribution in [-0.2, 0) is 11.5 Å². The average Bonchev–Trinajstić information content (AvgIpc) is 3.33. The summed E-state index contributed by atoms with van der Waals surface area (Å²) >= 11 is 0. The summed E-state index contributed by atoms with van der Waals surface area (Å²) in [4.78, 5) is 16.5. The molecular formula is C17H13B3N4O3. The van der Waals surface area contributed by atoms with E-state index in [0.29, 0.717) is 11.4 Å². The van der Waals surface area contributed by atoms with E-state index in [-0.39, 0.29) is 23.6 Å². The molecule has 1 atom stereocenters. The number of benzene rings is 1. The molecule has 0 fully saturated rings. The van der Waals surface area contributed by atoms with Crippen LogP contribution in [0.5, 0.6) is 0 Å². The molecule has 0 saturated heterocycles. The highest BCUT2D eigenvalue weighted by atomic mass is 16.5. The van der Waals surface area contributed by atoms with Crippen LogP contribution < -0.4 is 5.32 Å². The van der Waals surface area contributed by atoms with Crippen LogP contribution in [-0.4, -0.2) is 44.7 Å². The van der Waals surface area contributed by atoms with Gasteiger partial charge in [-0.3, -0.25) is 4.79 Å². The number of carbonyl (C=O) groups excluding carboxylic acids is 1. The molecule has 1 N–H and O–H groups in total. The Hall–Kier alpha value is -2.77. The number of aryl methyl sites for hydroxylation is 2. The van der Waals surface area contributed by atoms with Crippen LogP contribution in [0.2, 0.25) is 0 Å². The Morgan fingerprint density at radius 3 is 2.78 bits per heavy atom. The fourth-order valence-electron chi connectivity index (χ4n) is 3.16. The second kappa shape index (κ2) is 6.44. The van der Waals surface area contributed by atoms with E-state index in [1.807, 2.05) is 18.2 Å². The number of nitrogens with one attached hydrogen (secondary N) is 1. The quantitative estimate of drug-likeness (QED) is 0.705. The lowest BCUT2D eigenvalue weighted by molar-refractivity contribution is 0.0898. The van der Waals surface area contributed by atoms with E-state index in [4.69, 9.17) is 32.6 Å². The first kappa shape index (κ1) is 17.6. The molecule has 0 saturated carbocycles. The van der Waals surface area contributed by atoms with Gasteiger partial charge in [0, 0.05) is 11.1 Å². The summed E-state index contributed by atoms with van der Waals surface area (Å²) in [5.74, 6) is 0.252. The van der Waals surface area contributed by atoms with Gasteiger partial charge in [-0.25, -0.2) is 0 Å². The number of hydrogen-bond donors (Lipinski definition) is 1. The molecule has 27 heavy (non-hydrogen) atoms. The van der Waals surface area contributed by atoms with Gasteiger partial charge in [-0.1, -0.05) is 27.6 Å². The van der Waals surface area contributed by atoms with Crippen molar-refractivity contribution in [1.29, 1.82) is 0 Å². The second-order valence-corrected chi connectivity index (χ2v) is 6.67. The minimum Gasteiger partial charge on any atom is -0.351 e. The summed E-state index contributed by atoms with van der Waals surface area (Å²) < 4.78 is 10.0. The maximum Gasteiger partial charge on any atom is 0.290 e. The summed E-state index contributed by atoms with van der Waals surface area (Å²) in [5.41, 5.74) is 3.59. The molecule has 4 rings (SSSR count). The van der Waals surface area contributed by atoms with Gasteiger partial charge in [0.1, 0.15) is 0 Å². The monoisotopic (exact) mass is 354 g/mol. The number of fused-ring (bicyclic) bond motifs is 1. The summed E-state index contributed by atoms with van der Waals surface area (Å²) in [6.45, 7) is 1.78. The molecule has 6 radical (unpaired) electrons. The standard InChI is InChI=1S/C17H13B3N4O3/c1-8-7-21-26-13(8)15(25)22-12-5-3-9-6-10(2-4-11(9)12)14-23-16(27-24-14)17(18,19)20/h2,4,6-7,12H,3,5H2,1H3,(H,22,25)/t12-/m1/s1. The van der Waals surface area contributed by atoms with Crippen molar-refractivity contribution in [3.05, 3.63) is 52.7 Å².